The number of phenolic OH excluding ortho intramolecular Hbond substituents is 1. The van der Waals surface area contributed by atoms with E-state index in [2.05, 4.69) is 10.1 Å². The second-order valence-corrected chi connectivity index (χ2v) is 6.45. The first-order valence-corrected chi connectivity index (χ1v) is 8.12. The molecule has 0 amide bonds. The van der Waals surface area contributed by atoms with E-state index in [4.69, 9.17) is 23.2 Å². The average Bonchev–Trinajstić information content (AvgIpc) is 2.60. The summed E-state index contributed by atoms with van der Waals surface area (Å²) in [4.78, 5) is 40.9. The number of H-pyrrole nitrogens is 2. The number of phenols is 1. The minimum absolute atomic E-state index is 0.00240. The average molecular weight is 390 g/mol. The van der Waals surface area contributed by atoms with Gasteiger partial charge < -0.3 is 10.1 Å². The van der Waals surface area contributed by atoms with Crippen molar-refractivity contribution in [1.82, 2.24) is 14.8 Å². The molecule has 0 radical (unpaired) electrons. The van der Waals surface area contributed by atoms with Crippen molar-refractivity contribution in [2.75, 3.05) is 0 Å². The van der Waals surface area contributed by atoms with Crippen LogP contribution in [0, 0.1) is 0 Å². The summed E-state index contributed by atoms with van der Waals surface area (Å²) in [6, 6.07) is 8.48. The fourth-order valence-electron chi connectivity index (χ4n) is 2.77. The van der Waals surface area contributed by atoms with E-state index < -0.39 is 16.5 Å². The SMILES string of the molecule is O=c1[nH]n(-c2ccc(O)c(Cl)c2)c(=O)c2c(=O)c3ccc(Cl)cc3[nH]c12. The maximum atomic E-state index is 12.8. The number of halogens is 2. The molecule has 26 heavy (non-hydrogen) atoms. The summed E-state index contributed by atoms with van der Waals surface area (Å²) in [5.41, 5.74) is -1.56. The lowest BCUT2D eigenvalue weighted by Crippen LogP contribution is -2.32. The summed E-state index contributed by atoms with van der Waals surface area (Å²) in [6.07, 6.45) is 0. The lowest BCUT2D eigenvalue weighted by atomic mass is 10.1. The van der Waals surface area contributed by atoms with Crippen LogP contribution in [0.25, 0.3) is 27.5 Å². The highest BCUT2D eigenvalue weighted by Crippen LogP contribution is 2.24. The fraction of sp³-hybridized carbons (Fsp3) is 0. The topological polar surface area (TPSA) is 108 Å². The van der Waals surface area contributed by atoms with E-state index in [1.807, 2.05) is 0 Å². The minimum atomic E-state index is -0.723. The van der Waals surface area contributed by atoms with Crippen molar-refractivity contribution in [1.29, 1.82) is 0 Å². The Hall–Kier alpha value is -3.03. The molecule has 0 aliphatic heterocycles. The summed E-state index contributed by atoms with van der Waals surface area (Å²) in [5, 5.41) is 12.2. The first-order chi connectivity index (χ1) is 12.4. The number of rotatable bonds is 1. The van der Waals surface area contributed by atoms with E-state index in [1.165, 1.54) is 36.4 Å². The summed E-state index contributed by atoms with van der Waals surface area (Å²) in [7, 11) is 0. The van der Waals surface area contributed by atoms with Crippen molar-refractivity contribution in [2.45, 2.75) is 0 Å². The van der Waals surface area contributed by atoms with Crippen LogP contribution in [0.4, 0.5) is 0 Å². The molecule has 130 valence electrons. The zero-order chi connectivity index (χ0) is 18.6. The second kappa shape index (κ2) is 5.76. The summed E-state index contributed by atoms with van der Waals surface area (Å²) >= 11 is 11.8. The largest absolute Gasteiger partial charge is 0.506 e. The Labute approximate surface area is 154 Å². The molecule has 0 fully saturated rings. The van der Waals surface area contributed by atoms with E-state index in [9.17, 15) is 19.5 Å². The molecule has 2 heterocycles. The number of hydrogen-bond donors (Lipinski definition) is 3. The van der Waals surface area contributed by atoms with Crippen molar-refractivity contribution in [3.05, 3.63) is 77.4 Å². The number of aromatic hydroxyl groups is 1. The monoisotopic (exact) mass is 389 g/mol. The third-order valence-electron chi connectivity index (χ3n) is 4.01. The normalized spacial score (nSPS) is 11.3. The Morgan fingerprint density at radius 3 is 2.50 bits per heavy atom. The number of nitrogens with zero attached hydrogens (tertiary/aromatic N) is 1. The summed E-state index contributed by atoms with van der Waals surface area (Å²) in [5.74, 6) is -0.174. The van der Waals surface area contributed by atoms with Crippen molar-refractivity contribution in [2.24, 2.45) is 0 Å². The van der Waals surface area contributed by atoms with E-state index in [0.717, 1.165) is 4.68 Å². The third-order valence-corrected chi connectivity index (χ3v) is 4.55. The molecule has 4 aromatic rings. The lowest BCUT2D eigenvalue weighted by molar-refractivity contribution is 0.475. The molecular weight excluding hydrogens is 381 g/mol. The Balaban J connectivity index is 2.16. The van der Waals surface area contributed by atoms with Gasteiger partial charge in [-0.2, -0.15) is 0 Å². The number of pyridine rings is 1. The first-order valence-electron chi connectivity index (χ1n) is 7.36. The Kier molecular flexibility index (Phi) is 3.64. The van der Waals surface area contributed by atoms with Gasteiger partial charge in [0.2, 0.25) is 5.43 Å². The third kappa shape index (κ3) is 2.40. The van der Waals surface area contributed by atoms with Gasteiger partial charge in [-0.3, -0.25) is 19.5 Å². The molecule has 9 heteroatoms. The highest BCUT2D eigenvalue weighted by molar-refractivity contribution is 6.32. The van der Waals surface area contributed by atoms with Gasteiger partial charge in [0.15, 0.2) is 0 Å². The number of fused-ring (bicyclic) bond motifs is 2. The Morgan fingerprint density at radius 2 is 1.77 bits per heavy atom. The molecule has 0 unspecified atom stereocenters. The van der Waals surface area contributed by atoms with E-state index in [1.54, 1.807) is 0 Å². The quantitative estimate of drug-likeness (QED) is 0.434. The van der Waals surface area contributed by atoms with Gasteiger partial charge in [-0.15, -0.1) is 0 Å². The van der Waals surface area contributed by atoms with Crippen molar-refractivity contribution < 1.29 is 5.11 Å². The van der Waals surface area contributed by atoms with Crippen LogP contribution in [-0.2, 0) is 0 Å². The number of hydrogen-bond acceptors (Lipinski definition) is 4. The molecule has 0 atom stereocenters. The molecule has 0 saturated carbocycles. The Morgan fingerprint density at radius 1 is 1.00 bits per heavy atom. The zero-order valence-corrected chi connectivity index (χ0v) is 14.4. The van der Waals surface area contributed by atoms with Gasteiger partial charge in [0.05, 0.1) is 16.2 Å². The van der Waals surface area contributed by atoms with Crippen LogP contribution in [0.15, 0.2) is 50.8 Å². The van der Waals surface area contributed by atoms with E-state index >= 15 is 0 Å². The maximum absolute atomic E-state index is 12.8. The summed E-state index contributed by atoms with van der Waals surface area (Å²) in [6.45, 7) is 0. The van der Waals surface area contributed by atoms with Gasteiger partial charge >= 0.3 is 0 Å². The number of benzene rings is 2. The molecule has 0 aliphatic rings. The van der Waals surface area contributed by atoms with Crippen molar-refractivity contribution >= 4 is 45.0 Å². The van der Waals surface area contributed by atoms with Gasteiger partial charge in [-0.1, -0.05) is 23.2 Å². The zero-order valence-electron chi connectivity index (χ0n) is 12.8. The van der Waals surface area contributed by atoms with Crippen LogP contribution in [0.5, 0.6) is 5.75 Å². The highest BCUT2D eigenvalue weighted by Gasteiger charge is 2.16. The van der Waals surface area contributed by atoms with Crippen LogP contribution in [0.3, 0.4) is 0 Å². The molecule has 0 aliphatic carbocycles. The molecule has 4 rings (SSSR count). The van der Waals surface area contributed by atoms with Crippen molar-refractivity contribution in [3.63, 3.8) is 0 Å². The molecule has 7 nitrogen and oxygen atoms in total. The van der Waals surface area contributed by atoms with Gasteiger partial charge in [0.1, 0.15) is 16.7 Å². The molecule has 2 aromatic heterocycles. The molecule has 3 N–H and O–H groups in total. The van der Waals surface area contributed by atoms with Gasteiger partial charge in [-0.05, 0) is 36.4 Å². The number of aromatic amines is 2. The first kappa shape index (κ1) is 16.4. The minimum Gasteiger partial charge on any atom is -0.506 e. The maximum Gasteiger partial charge on any atom is 0.287 e. The molecule has 0 saturated heterocycles. The highest BCUT2D eigenvalue weighted by atomic mass is 35.5. The predicted octanol–water partition coefficient (Wildman–Crippen LogP) is 2.53. The van der Waals surface area contributed by atoms with Crippen LogP contribution < -0.4 is 16.5 Å². The van der Waals surface area contributed by atoms with Crippen LogP contribution in [0.2, 0.25) is 10.0 Å². The summed E-state index contributed by atoms with van der Waals surface area (Å²) < 4.78 is 0.910. The van der Waals surface area contributed by atoms with Gasteiger partial charge in [0.25, 0.3) is 11.1 Å². The lowest BCUT2D eigenvalue weighted by Gasteiger charge is -2.09. The van der Waals surface area contributed by atoms with Gasteiger partial charge in [-0.25, -0.2) is 4.68 Å². The second-order valence-electron chi connectivity index (χ2n) is 5.61. The molecular formula is C17H9Cl2N3O4. The molecule has 2 aromatic carbocycles. The van der Waals surface area contributed by atoms with E-state index in [0.29, 0.717) is 10.5 Å². The van der Waals surface area contributed by atoms with Crippen LogP contribution in [-0.4, -0.2) is 19.9 Å². The van der Waals surface area contributed by atoms with E-state index in [-0.39, 0.29) is 32.7 Å². The predicted molar refractivity (Wildman–Crippen MR) is 100.0 cm³/mol. The van der Waals surface area contributed by atoms with Crippen LogP contribution >= 0.6 is 23.2 Å². The smallest absolute Gasteiger partial charge is 0.287 e. The molecule has 0 spiro atoms. The van der Waals surface area contributed by atoms with Gasteiger partial charge in [0, 0.05) is 10.4 Å². The van der Waals surface area contributed by atoms with Crippen molar-refractivity contribution in [3.8, 4) is 11.4 Å². The number of aromatic nitrogens is 3. The molecule has 0 bridgehead atoms. The Bertz CT molecular complexity index is 1390. The number of nitrogens with one attached hydrogen (secondary N) is 2. The standard InChI is InChI=1S/C17H9Cl2N3O4/c18-7-1-3-9-11(5-7)20-14-13(15(9)24)17(26)22(21-16(14)25)8-2-4-12(23)10(19)6-8/h1-6,23H,(H,20,24)(H,21,25). The van der Waals surface area contributed by atoms with Crippen LogP contribution in [0.1, 0.15) is 0 Å². The fourth-order valence-corrected chi connectivity index (χ4v) is 3.12.